The molecule has 0 unspecified atom stereocenters. The van der Waals surface area contributed by atoms with Gasteiger partial charge in [0.15, 0.2) is 0 Å². The fraction of sp³-hybridized carbons (Fsp3) is 0.625. The first-order chi connectivity index (χ1) is 10.6. The first-order valence-electron chi connectivity index (χ1n) is 7.99. The molecule has 1 atom stereocenters. The molecule has 2 aliphatic rings. The molecule has 1 aromatic heterocycles. The summed E-state index contributed by atoms with van der Waals surface area (Å²) in [6.45, 7) is 4.13. The third kappa shape index (κ3) is 3.32. The number of nitrogens with zero attached hydrogens (tertiary/aromatic N) is 3. The number of hydrogen-bond acceptors (Lipinski definition) is 4. The molecule has 0 aliphatic carbocycles. The lowest BCUT2D eigenvalue weighted by Gasteiger charge is -2.24. The Hall–Kier alpha value is -1.43. The maximum Gasteiger partial charge on any atom is 0.321 e. The number of anilines is 2. The highest BCUT2D eigenvalue weighted by Gasteiger charge is 2.24. The van der Waals surface area contributed by atoms with Crippen LogP contribution in [0.3, 0.4) is 0 Å². The Balaban J connectivity index is 1.65. The minimum Gasteiger partial charge on any atom is -0.357 e. The Morgan fingerprint density at radius 2 is 2.18 bits per heavy atom. The van der Waals surface area contributed by atoms with Gasteiger partial charge in [0.05, 0.1) is 11.4 Å². The van der Waals surface area contributed by atoms with Gasteiger partial charge in [-0.25, -0.2) is 9.78 Å². The second-order valence-electron chi connectivity index (χ2n) is 6.06. The van der Waals surface area contributed by atoms with Crippen LogP contribution in [0, 0.1) is 6.92 Å². The first kappa shape index (κ1) is 15.5. The van der Waals surface area contributed by atoms with Gasteiger partial charge in [0.1, 0.15) is 5.82 Å². The first-order valence-corrected chi connectivity index (χ1v) is 9.15. The molecule has 5 nitrogen and oxygen atoms in total. The molecule has 0 bridgehead atoms. The minimum absolute atomic E-state index is 0.0358. The maximum atomic E-state index is 12.4. The van der Waals surface area contributed by atoms with E-state index in [2.05, 4.69) is 15.2 Å². The number of urea groups is 1. The zero-order valence-electron chi connectivity index (χ0n) is 13.3. The van der Waals surface area contributed by atoms with E-state index in [0.717, 1.165) is 48.2 Å². The fourth-order valence-electron chi connectivity index (χ4n) is 3.00. The second-order valence-corrected chi connectivity index (χ2v) is 7.20. The molecule has 1 aromatic rings. The Bertz CT molecular complexity index is 539. The predicted octanol–water partition coefficient (Wildman–Crippen LogP) is 2.96. The number of amides is 2. The smallest absolute Gasteiger partial charge is 0.321 e. The van der Waals surface area contributed by atoms with Gasteiger partial charge in [-0.3, -0.25) is 0 Å². The standard InChI is InChI=1S/C16H24N4OS/c1-12-14(5-6-15(17-12)20-8-3-4-9-20)18-16(21)19(2)13-7-10-22-11-13/h5-6,13H,3-4,7-11H2,1-2H3,(H,18,21)/t13-/m1/s1. The zero-order chi connectivity index (χ0) is 15.5. The highest BCUT2D eigenvalue weighted by Crippen LogP contribution is 2.24. The molecule has 2 saturated heterocycles. The van der Waals surface area contributed by atoms with E-state index in [9.17, 15) is 4.79 Å². The number of hydrogen-bond donors (Lipinski definition) is 1. The van der Waals surface area contributed by atoms with Gasteiger partial charge in [-0.2, -0.15) is 11.8 Å². The fourth-order valence-corrected chi connectivity index (χ4v) is 4.27. The topological polar surface area (TPSA) is 48.5 Å². The van der Waals surface area contributed by atoms with Gasteiger partial charge in [0.25, 0.3) is 0 Å². The highest BCUT2D eigenvalue weighted by molar-refractivity contribution is 7.99. The number of rotatable bonds is 3. The molecule has 0 aromatic carbocycles. The van der Waals surface area contributed by atoms with Crippen LogP contribution in [0.1, 0.15) is 25.0 Å². The van der Waals surface area contributed by atoms with Gasteiger partial charge in [-0.1, -0.05) is 0 Å². The number of thioether (sulfide) groups is 1. The molecule has 2 aliphatic heterocycles. The Morgan fingerprint density at radius 1 is 1.41 bits per heavy atom. The summed E-state index contributed by atoms with van der Waals surface area (Å²) in [6, 6.07) is 4.30. The van der Waals surface area contributed by atoms with Crippen LogP contribution in [0.5, 0.6) is 0 Å². The number of pyridine rings is 1. The van der Waals surface area contributed by atoms with Gasteiger partial charge in [0.2, 0.25) is 0 Å². The average Bonchev–Trinajstić information content (AvgIpc) is 3.21. The van der Waals surface area contributed by atoms with Gasteiger partial charge in [-0.15, -0.1) is 0 Å². The van der Waals surface area contributed by atoms with E-state index in [4.69, 9.17) is 0 Å². The highest BCUT2D eigenvalue weighted by atomic mass is 32.2. The third-order valence-corrected chi connectivity index (χ3v) is 5.66. The maximum absolute atomic E-state index is 12.4. The summed E-state index contributed by atoms with van der Waals surface area (Å²) in [5, 5.41) is 3.00. The van der Waals surface area contributed by atoms with Crippen LogP contribution in [0.25, 0.3) is 0 Å². The average molecular weight is 320 g/mol. The molecule has 3 rings (SSSR count). The molecule has 3 heterocycles. The van der Waals surface area contributed by atoms with Crippen molar-refractivity contribution >= 4 is 29.3 Å². The van der Waals surface area contributed by atoms with Crippen molar-refractivity contribution in [3.05, 3.63) is 17.8 Å². The van der Waals surface area contributed by atoms with E-state index in [1.54, 1.807) is 0 Å². The molecule has 6 heteroatoms. The van der Waals surface area contributed by atoms with Crippen LogP contribution in [-0.2, 0) is 0 Å². The number of aromatic nitrogens is 1. The number of nitrogens with one attached hydrogen (secondary N) is 1. The van der Waals surface area contributed by atoms with E-state index in [-0.39, 0.29) is 6.03 Å². The van der Waals surface area contributed by atoms with Crippen molar-refractivity contribution in [2.24, 2.45) is 0 Å². The zero-order valence-corrected chi connectivity index (χ0v) is 14.2. The largest absolute Gasteiger partial charge is 0.357 e. The van der Waals surface area contributed by atoms with Crippen molar-refractivity contribution < 1.29 is 4.79 Å². The normalized spacial score (nSPS) is 21.2. The van der Waals surface area contributed by atoms with Crippen LogP contribution in [0.2, 0.25) is 0 Å². The van der Waals surface area contributed by atoms with E-state index >= 15 is 0 Å². The summed E-state index contributed by atoms with van der Waals surface area (Å²) in [7, 11) is 1.88. The van der Waals surface area contributed by atoms with Crippen LogP contribution in [0.15, 0.2) is 12.1 Å². The van der Waals surface area contributed by atoms with Crippen molar-refractivity contribution in [2.75, 3.05) is 41.9 Å². The number of carbonyl (C=O) groups excluding carboxylic acids is 1. The molecular weight excluding hydrogens is 296 g/mol. The van der Waals surface area contributed by atoms with E-state index < -0.39 is 0 Å². The molecule has 2 amide bonds. The SMILES string of the molecule is Cc1nc(N2CCCC2)ccc1NC(=O)N(C)[C@@H]1CCSC1. The monoisotopic (exact) mass is 320 g/mol. The van der Waals surface area contributed by atoms with E-state index in [1.165, 1.54) is 12.8 Å². The summed E-state index contributed by atoms with van der Waals surface area (Å²) >= 11 is 1.91. The summed E-state index contributed by atoms with van der Waals surface area (Å²) in [6.07, 6.45) is 3.56. The molecule has 0 radical (unpaired) electrons. The summed E-state index contributed by atoms with van der Waals surface area (Å²) in [5.41, 5.74) is 1.69. The van der Waals surface area contributed by atoms with Crippen LogP contribution in [-0.4, -0.2) is 53.6 Å². The summed E-state index contributed by atoms with van der Waals surface area (Å²) in [5.74, 6) is 3.20. The van der Waals surface area contributed by atoms with Gasteiger partial charge in [-0.05, 0) is 44.1 Å². The molecule has 0 spiro atoms. The van der Waals surface area contributed by atoms with Crippen molar-refractivity contribution in [3.8, 4) is 0 Å². The Morgan fingerprint density at radius 3 is 2.82 bits per heavy atom. The lowest BCUT2D eigenvalue weighted by Crippen LogP contribution is -2.40. The van der Waals surface area contributed by atoms with E-state index in [1.807, 2.05) is 42.8 Å². The Kier molecular flexibility index (Phi) is 4.76. The predicted molar refractivity (Wildman–Crippen MR) is 92.9 cm³/mol. The summed E-state index contributed by atoms with van der Waals surface area (Å²) in [4.78, 5) is 21.1. The molecular formula is C16H24N4OS. The minimum atomic E-state index is -0.0358. The number of carbonyl (C=O) groups is 1. The molecule has 0 saturated carbocycles. The van der Waals surface area contributed by atoms with Crippen molar-refractivity contribution in [1.82, 2.24) is 9.88 Å². The second kappa shape index (κ2) is 6.77. The van der Waals surface area contributed by atoms with Crippen LogP contribution in [0.4, 0.5) is 16.3 Å². The van der Waals surface area contributed by atoms with Gasteiger partial charge in [0, 0.05) is 31.9 Å². The van der Waals surface area contributed by atoms with Crippen LogP contribution < -0.4 is 10.2 Å². The Labute approximate surface area is 136 Å². The van der Waals surface area contributed by atoms with Gasteiger partial charge >= 0.3 is 6.03 Å². The lowest BCUT2D eigenvalue weighted by atomic mass is 10.2. The lowest BCUT2D eigenvalue weighted by molar-refractivity contribution is 0.209. The quantitative estimate of drug-likeness (QED) is 0.930. The van der Waals surface area contributed by atoms with Crippen molar-refractivity contribution in [1.29, 1.82) is 0 Å². The number of aryl methyl sites for hydroxylation is 1. The molecule has 1 N–H and O–H groups in total. The molecule has 120 valence electrons. The van der Waals surface area contributed by atoms with Crippen molar-refractivity contribution in [3.63, 3.8) is 0 Å². The van der Waals surface area contributed by atoms with E-state index in [0.29, 0.717) is 6.04 Å². The molecule has 2 fully saturated rings. The molecule has 22 heavy (non-hydrogen) atoms. The summed E-state index contributed by atoms with van der Waals surface area (Å²) < 4.78 is 0. The van der Waals surface area contributed by atoms with Crippen molar-refractivity contribution in [2.45, 2.75) is 32.2 Å². The van der Waals surface area contributed by atoms with Crippen LogP contribution >= 0.6 is 11.8 Å². The third-order valence-electron chi connectivity index (χ3n) is 4.52. The van der Waals surface area contributed by atoms with Gasteiger partial charge < -0.3 is 15.1 Å².